The van der Waals surface area contributed by atoms with E-state index in [1.807, 2.05) is 36.4 Å². The zero-order valence-electron chi connectivity index (χ0n) is 15.4. The predicted octanol–water partition coefficient (Wildman–Crippen LogP) is 3.84. The molecule has 0 unspecified atom stereocenters. The molecule has 1 aromatic carbocycles. The minimum absolute atomic E-state index is 0.245. The lowest BCUT2D eigenvalue weighted by atomic mass is 10.2. The molecule has 0 N–H and O–H groups in total. The quantitative estimate of drug-likeness (QED) is 0.428. The van der Waals surface area contributed by atoms with Crippen LogP contribution in [0.1, 0.15) is 6.04 Å². The van der Waals surface area contributed by atoms with Gasteiger partial charge in [0.05, 0.1) is 13.2 Å². The number of methoxy groups -OCH3 is 1. The van der Waals surface area contributed by atoms with E-state index < -0.39 is 0 Å². The van der Waals surface area contributed by atoms with Crippen LogP contribution in [-0.2, 0) is 0 Å². The van der Waals surface area contributed by atoms with Crippen molar-refractivity contribution in [3.63, 3.8) is 0 Å². The Morgan fingerprint density at radius 1 is 1.07 bits per heavy atom. The molecule has 3 aromatic heterocycles. The second-order valence-electron chi connectivity index (χ2n) is 6.29. The van der Waals surface area contributed by atoms with Gasteiger partial charge in [-0.2, -0.15) is 0 Å². The van der Waals surface area contributed by atoms with Gasteiger partial charge in [0.25, 0.3) is 5.22 Å². The van der Waals surface area contributed by atoms with Crippen LogP contribution in [0.3, 0.4) is 0 Å². The first kappa shape index (κ1) is 18.2. The summed E-state index contributed by atoms with van der Waals surface area (Å²) in [6.45, 7) is 0. The number of rotatable bonds is 6. The van der Waals surface area contributed by atoms with E-state index in [2.05, 4.69) is 29.9 Å². The van der Waals surface area contributed by atoms with Crippen molar-refractivity contribution in [3.05, 3.63) is 48.8 Å². The van der Waals surface area contributed by atoms with Gasteiger partial charge in [-0.25, -0.2) is 0 Å². The van der Waals surface area contributed by atoms with Gasteiger partial charge in [-0.1, -0.05) is 23.5 Å². The number of fused-ring (bicyclic) bond motifs is 1. The number of thioether (sulfide) groups is 2. The van der Waals surface area contributed by atoms with Gasteiger partial charge < -0.3 is 9.15 Å². The highest BCUT2D eigenvalue weighted by Crippen LogP contribution is 2.38. The first-order chi connectivity index (χ1) is 14.3. The average Bonchev–Trinajstić information content (AvgIpc) is 3.50. The van der Waals surface area contributed by atoms with Gasteiger partial charge in [0.15, 0.2) is 11.0 Å². The van der Waals surface area contributed by atoms with Crippen LogP contribution in [0.2, 0.25) is 0 Å². The number of benzene rings is 1. The molecule has 4 aromatic rings. The fraction of sp³-hybridized carbons (Fsp3) is 0.211. The Bertz CT molecular complexity index is 1110. The van der Waals surface area contributed by atoms with E-state index >= 15 is 0 Å². The Kier molecular flexibility index (Phi) is 4.94. The minimum atomic E-state index is 0.245. The van der Waals surface area contributed by atoms with Crippen molar-refractivity contribution < 1.29 is 9.15 Å². The van der Waals surface area contributed by atoms with Crippen LogP contribution in [0.4, 0.5) is 0 Å². The molecule has 29 heavy (non-hydrogen) atoms. The summed E-state index contributed by atoms with van der Waals surface area (Å²) < 4.78 is 13.2. The Hall–Kier alpha value is -2.85. The van der Waals surface area contributed by atoms with Crippen LogP contribution < -0.4 is 4.74 Å². The summed E-state index contributed by atoms with van der Waals surface area (Å²) in [5.41, 5.74) is 1.87. The summed E-state index contributed by atoms with van der Waals surface area (Å²) in [7, 11) is 1.64. The molecule has 4 heterocycles. The molecule has 146 valence electrons. The van der Waals surface area contributed by atoms with Crippen LogP contribution in [0.25, 0.3) is 22.8 Å². The predicted molar refractivity (Wildman–Crippen MR) is 110 cm³/mol. The summed E-state index contributed by atoms with van der Waals surface area (Å²) in [6, 6.07) is 11.7. The van der Waals surface area contributed by atoms with Crippen LogP contribution in [-0.4, -0.2) is 48.6 Å². The van der Waals surface area contributed by atoms with E-state index in [1.165, 1.54) is 0 Å². The first-order valence-corrected chi connectivity index (χ1v) is 10.9. The molecule has 8 nitrogen and oxygen atoms in total. The van der Waals surface area contributed by atoms with Crippen LogP contribution in [0.15, 0.2) is 63.6 Å². The van der Waals surface area contributed by atoms with Crippen molar-refractivity contribution in [3.8, 4) is 28.6 Å². The van der Waals surface area contributed by atoms with E-state index in [-0.39, 0.29) is 6.04 Å². The molecule has 0 bridgehead atoms. The van der Waals surface area contributed by atoms with E-state index in [0.717, 1.165) is 39.4 Å². The van der Waals surface area contributed by atoms with Crippen molar-refractivity contribution in [2.75, 3.05) is 18.6 Å². The standard InChI is InChI=1S/C19H16N6O2S2/c1-26-15-4-2-13(3-5-15)17-22-24-19(27-17)29-11-14-10-28-18-23-21-16(25(14)18)12-6-8-20-9-7-12/h2-9,14H,10-11H2,1H3/t14-/m0/s1. The number of nitrogens with zero attached hydrogens (tertiary/aromatic N) is 6. The van der Waals surface area contributed by atoms with E-state index in [9.17, 15) is 0 Å². The molecule has 5 rings (SSSR count). The van der Waals surface area contributed by atoms with Gasteiger partial charge in [-0.3, -0.25) is 9.55 Å². The zero-order valence-corrected chi connectivity index (χ0v) is 17.1. The second kappa shape index (κ2) is 7.88. The normalized spacial score (nSPS) is 15.4. The third-order valence-electron chi connectivity index (χ3n) is 4.52. The largest absolute Gasteiger partial charge is 0.497 e. The SMILES string of the molecule is COc1ccc(-c2nnc(SC[C@@H]3CSc4nnc(-c5ccncc5)n43)o2)cc1. The monoisotopic (exact) mass is 424 g/mol. The van der Waals surface area contributed by atoms with Crippen molar-refractivity contribution in [2.24, 2.45) is 0 Å². The fourth-order valence-electron chi connectivity index (χ4n) is 3.06. The van der Waals surface area contributed by atoms with Gasteiger partial charge in [0.2, 0.25) is 5.89 Å². The molecule has 0 saturated carbocycles. The number of hydrogen-bond donors (Lipinski definition) is 0. The smallest absolute Gasteiger partial charge is 0.276 e. The van der Waals surface area contributed by atoms with Crippen LogP contribution in [0.5, 0.6) is 5.75 Å². The lowest BCUT2D eigenvalue weighted by molar-refractivity contribution is 0.414. The fourth-order valence-corrected chi connectivity index (χ4v) is 5.13. The molecule has 0 amide bonds. The lowest BCUT2D eigenvalue weighted by Crippen LogP contribution is -2.11. The number of aromatic nitrogens is 6. The number of pyridine rings is 1. The highest BCUT2D eigenvalue weighted by Gasteiger charge is 2.29. The summed E-state index contributed by atoms with van der Waals surface area (Å²) in [4.78, 5) is 4.08. The summed E-state index contributed by atoms with van der Waals surface area (Å²) >= 11 is 3.26. The Morgan fingerprint density at radius 3 is 2.69 bits per heavy atom. The molecule has 0 spiro atoms. The summed E-state index contributed by atoms with van der Waals surface area (Å²) in [6.07, 6.45) is 3.53. The molecule has 0 radical (unpaired) electrons. The third kappa shape index (κ3) is 3.60. The molecule has 0 saturated heterocycles. The van der Waals surface area contributed by atoms with Gasteiger partial charge in [0, 0.05) is 35.0 Å². The van der Waals surface area contributed by atoms with Crippen molar-refractivity contribution in [1.82, 2.24) is 29.9 Å². The van der Waals surface area contributed by atoms with Crippen molar-refractivity contribution >= 4 is 23.5 Å². The Labute approximate surface area is 175 Å². The van der Waals surface area contributed by atoms with Crippen LogP contribution in [0, 0.1) is 0 Å². The first-order valence-electron chi connectivity index (χ1n) is 8.90. The molecule has 0 fully saturated rings. The average molecular weight is 425 g/mol. The molecule has 1 aliphatic heterocycles. The molecule has 10 heteroatoms. The highest BCUT2D eigenvalue weighted by atomic mass is 32.2. The summed E-state index contributed by atoms with van der Waals surface area (Å²) in [5.74, 6) is 3.88. The molecular weight excluding hydrogens is 408 g/mol. The maximum absolute atomic E-state index is 5.83. The van der Waals surface area contributed by atoms with E-state index in [1.54, 1.807) is 43.0 Å². The van der Waals surface area contributed by atoms with E-state index in [4.69, 9.17) is 9.15 Å². The van der Waals surface area contributed by atoms with Crippen molar-refractivity contribution in [1.29, 1.82) is 0 Å². The minimum Gasteiger partial charge on any atom is -0.497 e. The van der Waals surface area contributed by atoms with Crippen LogP contribution >= 0.6 is 23.5 Å². The van der Waals surface area contributed by atoms with Gasteiger partial charge in [-0.05, 0) is 36.4 Å². The van der Waals surface area contributed by atoms with Crippen molar-refractivity contribution in [2.45, 2.75) is 16.4 Å². The maximum Gasteiger partial charge on any atom is 0.276 e. The Balaban J connectivity index is 1.30. The van der Waals surface area contributed by atoms with Gasteiger partial charge in [-0.15, -0.1) is 20.4 Å². The van der Waals surface area contributed by atoms with Gasteiger partial charge >= 0.3 is 0 Å². The van der Waals surface area contributed by atoms with Gasteiger partial charge in [0.1, 0.15) is 5.75 Å². The second-order valence-corrected chi connectivity index (χ2v) is 8.25. The maximum atomic E-state index is 5.83. The molecular formula is C19H16N6O2S2. The number of ether oxygens (including phenoxy) is 1. The topological polar surface area (TPSA) is 91.8 Å². The number of hydrogen-bond acceptors (Lipinski definition) is 9. The lowest BCUT2D eigenvalue weighted by Gasteiger charge is -2.12. The Morgan fingerprint density at radius 2 is 1.90 bits per heavy atom. The van der Waals surface area contributed by atoms with E-state index in [0.29, 0.717) is 11.1 Å². The molecule has 0 aliphatic carbocycles. The molecule has 1 atom stereocenters. The molecule has 1 aliphatic rings. The zero-order chi connectivity index (χ0) is 19.6. The highest BCUT2D eigenvalue weighted by molar-refractivity contribution is 8.00. The summed E-state index contributed by atoms with van der Waals surface area (Å²) in [5, 5.41) is 18.5. The third-order valence-corrected chi connectivity index (χ3v) is 6.57.